The highest BCUT2D eigenvalue weighted by atomic mass is 16.3. The van der Waals surface area contributed by atoms with Crippen molar-refractivity contribution in [2.45, 2.75) is 6.92 Å². The van der Waals surface area contributed by atoms with Gasteiger partial charge in [0.2, 0.25) is 0 Å². The zero-order valence-electron chi connectivity index (χ0n) is 11.6. The molecule has 0 fully saturated rings. The first-order valence-corrected chi connectivity index (χ1v) is 6.70. The van der Waals surface area contributed by atoms with Gasteiger partial charge in [-0.15, -0.1) is 0 Å². The molecule has 1 heterocycles. The second kappa shape index (κ2) is 5.29. The molecule has 2 N–H and O–H groups in total. The van der Waals surface area contributed by atoms with Gasteiger partial charge in [-0.25, -0.2) is 0 Å². The molecule has 1 aromatic heterocycles. The van der Waals surface area contributed by atoms with E-state index in [0.29, 0.717) is 11.1 Å². The van der Waals surface area contributed by atoms with Crippen LogP contribution in [0, 0.1) is 6.92 Å². The summed E-state index contributed by atoms with van der Waals surface area (Å²) < 4.78 is 0. The first-order chi connectivity index (χ1) is 10.2. The fourth-order valence-electron chi connectivity index (χ4n) is 2.45. The minimum Gasteiger partial charge on any atom is -0.507 e. The molecule has 0 unspecified atom stereocenters. The van der Waals surface area contributed by atoms with Gasteiger partial charge >= 0.3 is 0 Å². The Labute approximate surface area is 123 Å². The molecule has 3 heteroatoms. The van der Waals surface area contributed by atoms with Gasteiger partial charge in [-0.1, -0.05) is 30.3 Å². The number of hydrogen-bond donors (Lipinski definition) is 2. The molecule has 0 atom stereocenters. The van der Waals surface area contributed by atoms with Crippen LogP contribution in [0.5, 0.6) is 11.5 Å². The minimum atomic E-state index is 0.0643. The van der Waals surface area contributed by atoms with Crippen LogP contribution in [0.2, 0.25) is 0 Å². The number of rotatable bonds is 2. The van der Waals surface area contributed by atoms with Crippen LogP contribution in [-0.2, 0) is 0 Å². The molecule has 3 rings (SSSR count). The van der Waals surface area contributed by atoms with Crippen molar-refractivity contribution in [2.75, 3.05) is 0 Å². The van der Waals surface area contributed by atoms with Gasteiger partial charge in [0.15, 0.2) is 0 Å². The zero-order chi connectivity index (χ0) is 14.8. The summed E-state index contributed by atoms with van der Waals surface area (Å²) >= 11 is 0. The second-order valence-corrected chi connectivity index (χ2v) is 4.91. The molecule has 0 saturated heterocycles. The van der Waals surface area contributed by atoms with Gasteiger partial charge in [-0.3, -0.25) is 4.98 Å². The lowest BCUT2D eigenvalue weighted by atomic mass is 9.94. The molecule has 0 saturated carbocycles. The third kappa shape index (κ3) is 2.34. The minimum absolute atomic E-state index is 0.0643. The Hall–Kier alpha value is -2.81. The average Bonchev–Trinajstić information content (AvgIpc) is 2.50. The molecule has 0 aliphatic rings. The third-order valence-electron chi connectivity index (χ3n) is 3.54. The number of aromatic nitrogens is 1. The summed E-state index contributed by atoms with van der Waals surface area (Å²) in [5, 5.41) is 20.8. The molecule has 0 spiro atoms. The molecule has 3 nitrogen and oxygen atoms in total. The van der Waals surface area contributed by atoms with Gasteiger partial charge in [0, 0.05) is 23.5 Å². The summed E-state index contributed by atoms with van der Waals surface area (Å²) in [5.41, 5.74) is 3.73. The van der Waals surface area contributed by atoms with Crippen molar-refractivity contribution in [1.82, 2.24) is 4.98 Å². The van der Waals surface area contributed by atoms with Crippen LogP contribution >= 0.6 is 0 Å². The van der Waals surface area contributed by atoms with E-state index in [-0.39, 0.29) is 11.5 Å². The molecule has 0 amide bonds. The highest BCUT2D eigenvalue weighted by molar-refractivity contribution is 5.86. The summed E-state index contributed by atoms with van der Waals surface area (Å²) in [4.78, 5) is 4.07. The van der Waals surface area contributed by atoms with Crippen LogP contribution in [0.15, 0.2) is 60.9 Å². The van der Waals surface area contributed by atoms with Gasteiger partial charge in [-0.2, -0.15) is 0 Å². The molecule has 0 aliphatic heterocycles. The number of aryl methyl sites for hydroxylation is 1. The van der Waals surface area contributed by atoms with Crippen LogP contribution in [0.1, 0.15) is 5.56 Å². The summed E-state index contributed by atoms with van der Waals surface area (Å²) in [6.45, 7) is 1.95. The van der Waals surface area contributed by atoms with E-state index in [1.807, 2.05) is 43.3 Å². The molecule has 0 aliphatic carbocycles. The number of benzene rings is 2. The van der Waals surface area contributed by atoms with E-state index in [0.717, 1.165) is 16.7 Å². The van der Waals surface area contributed by atoms with Crippen LogP contribution in [-0.4, -0.2) is 15.2 Å². The van der Waals surface area contributed by atoms with Gasteiger partial charge in [0.05, 0.1) is 5.56 Å². The number of phenols is 2. The Morgan fingerprint density at radius 2 is 1.67 bits per heavy atom. The number of phenolic OH excluding ortho intramolecular Hbond substituents is 2. The van der Waals surface area contributed by atoms with Crippen molar-refractivity contribution in [3.8, 4) is 33.8 Å². The van der Waals surface area contributed by atoms with Gasteiger partial charge in [-0.05, 0) is 36.2 Å². The summed E-state index contributed by atoms with van der Waals surface area (Å²) in [6.07, 6.45) is 3.37. The van der Waals surface area contributed by atoms with Crippen molar-refractivity contribution in [1.29, 1.82) is 0 Å². The first-order valence-electron chi connectivity index (χ1n) is 6.70. The highest BCUT2D eigenvalue weighted by Gasteiger charge is 2.16. The lowest BCUT2D eigenvalue weighted by molar-refractivity contribution is 0.455. The highest BCUT2D eigenvalue weighted by Crippen LogP contribution is 2.44. The SMILES string of the molecule is Cc1ccccc1-c1c(O)ccc(-c2cccnc2)c1O. The van der Waals surface area contributed by atoms with Crippen molar-refractivity contribution in [3.63, 3.8) is 0 Å². The van der Waals surface area contributed by atoms with Crippen LogP contribution < -0.4 is 0 Å². The second-order valence-electron chi connectivity index (χ2n) is 4.91. The monoisotopic (exact) mass is 277 g/mol. The first kappa shape index (κ1) is 13.2. The van der Waals surface area contributed by atoms with E-state index < -0.39 is 0 Å². The van der Waals surface area contributed by atoms with E-state index in [4.69, 9.17) is 0 Å². The fraction of sp³-hybridized carbons (Fsp3) is 0.0556. The maximum Gasteiger partial charge on any atom is 0.135 e. The molecular formula is C18H15NO2. The van der Waals surface area contributed by atoms with E-state index in [2.05, 4.69) is 4.98 Å². The van der Waals surface area contributed by atoms with Crippen molar-refractivity contribution in [2.24, 2.45) is 0 Å². The predicted octanol–water partition coefficient (Wildman–Crippen LogP) is 4.14. The van der Waals surface area contributed by atoms with E-state index in [1.165, 1.54) is 0 Å². The molecule has 0 radical (unpaired) electrons. The number of aromatic hydroxyl groups is 2. The Bertz CT molecular complexity index is 782. The quantitative estimate of drug-likeness (QED) is 0.740. The van der Waals surface area contributed by atoms with E-state index >= 15 is 0 Å². The van der Waals surface area contributed by atoms with Crippen molar-refractivity contribution in [3.05, 3.63) is 66.5 Å². The van der Waals surface area contributed by atoms with Crippen molar-refractivity contribution < 1.29 is 10.2 Å². The Balaban J connectivity index is 2.25. The lowest BCUT2D eigenvalue weighted by Gasteiger charge is -2.13. The molecule has 3 aromatic rings. The largest absolute Gasteiger partial charge is 0.507 e. The standard InChI is InChI=1S/C18H15NO2/c1-12-5-2-3-7-14(12)17-16(20)9-8-15(18(17)21)13-6-4-10-19-11-13/h2-11,20-21H,1H3. The van der Waals surface area contributed by atoms with Crippen LogP contribution in [0.4, 0.5) is 0 Å². The molecule has 0 bridgehead atoms. The van der Waals surface area contributed by atoms with Crippen LogP contribution in [0.25, 0.3) is 22.3 Å². The molecular weight excluding hydrogens is 262 g/mol. The Kier molecular flexibility index (Phi) is 3.32. The molecule has 2 aromatic carbocycles. The fourth-order valence-corrected chi connectivity index (χ4v) is 2.45. The predicted molar refractivity (Wildman–Crippen MR) is 83.2 cm³/mol. The normalized spacial score (nSPS) is 10.5. The van der Waals surface area contributed by atoms with Crippen LogP contribution in [0.3, 0.4) is 0 Å². The van der Waals surface area contributed by atoms with Gasteiger partial charge < -0.3 is 10.2 Å². The van der Waals surface area contributed by atoms with E-state index in [1.54, 1.807) is 24.5 Å². The summed E-state index contributed by atoms with van der Waals surface area (Å²) in [6, 6.07) is 14.6. The molecule has 104 valence electrons. The average molecular weight is 277 g/mol. The smallest absolute Gasteiger partial charge is 0.135 e. The summed E-state index contributed by atoms with van der Waals surface area (Å²) in [5.74, 6) is 0.131. The topological polar surface area (TPSA) is 53.4 Å². The lowest BCUT2D eigenvalue weighted by Crippen LogP contribution is -1.88. The molecule has 21 heavy (non-hydrogen) atoms. The van der Waals surface area contributed by atoms with Gasteiger partial charge in [0.25, 0.3) is 0 Å². The van der Waals surface area contributed by atoms with Crippen molar-refractivity contribution >= 4 is 0 Å². The maximum atomic E-state index is 10.6. The number of nitrogens with zero attached hydrogens (tertiary/aromatic N) is 1. The van der Waals surface area contributed by atoms with E-state index in [9.17, 15) is 10.2 Å². The Morgan fingerprint density at radius 1 is 0.857 bits per heavy atom. The third-order valence-corrected chi connectivity index (χ3v) is 3.54. The Morgan fingerprint density at radius 3 is 2.38 bits per heavy atom. The zero-order valence-corrected chi connectivity index (χ0v) is 11.6. The number of hydrogen-bond acceptors (Lipinski definition) is 3. The number of pyridine rings is 1. The van der Waals surface area contributed by atoms with Gasteiger partial charge in [0.1, 0.15) is 11.5 Å². The summed E-state index contributed by atoms with van der Waals surface area (Å²) in [7, 11) is 0. The maximum absolute atomic E-state index is 10.6.